The van der Waals surface area contributed by atoms with Gasteiger partial charge in [-0.05, 0) is 45.1 Å². The molecule has 1 aliphatic heterocycles. The minimum atomic E-state index is 0.736. The van der Waals surface area contributed by atoms with Crippen LogP contribution in [0, 0.1) is 5.92 Å². The molecule has 2 N–H and O–H groups in total. The third-order valence-electron chi connectivity index (χ3n) is 3.90. The van der Waals surface area contributed by atoms with Crippen LogP contribution in [-0.2, 0) is 0 Å². The van der Waals surface area contributed by atoms with E-state index in [1.165, 1.54) is 51.6 Å². The SMILES string of the molecule is C[C@@H](NC1CCCNC1)C1CCCC1. The summed E-state index contributed by atoms with van der Waals surface area (Å²) in [6, 6.07) is 1.47. The van der Waals surface area contributed by atoms with Crippen LogP contribution in [0.1, 0.15) is 45.4 Å². The van der Waals surface area contributed by atoms with Crippen LogP contribution in [0.25, 0.3) is 0 Å². The summed E-state index contributed by atoms with van der Waals surface area (Å²) in [6.45, 7) is 4.78. The highest BCUT2D eigenvalue weighted by Crippen LogP contribution is 2.27. The molecule has 0 radical (unpaired) electrons. The van der Waals surface area contributed by atoms with E-state index in [-0.39, 0.29) is 0 Å². The van der Waals surface area contributed by atoms with E-state index in [0.717, 1.165) is 18.0 Å². The molecule has 1 unspecified atom stereocenters. The number of nitrogens with one attached hydrogen (secondary N) is 2. The topological polar surface area (TPSA) is 24.1 Å². The van der Waals surface area contributed by atoms with Crippen molar-refractivity contribution >= 4 is 0 Å². The van der Waals surface area contributed by atoms with E-state index < -0.39 is 0 Å². The first-order valence-electron chi connectivity index (χ1n) is 6.33. The van der Waals surface area contributed by atoms with Gasteiger partial charge in [0.05, 0.1) is 0 Å². The van der Waals surface area contributed by atoms with E-state index in [1.54, 1.807) is 0 Å². The van der Waals surface area contributed by atoms with Crippen molar-refractivity contribution in [3.05, 3.63) is 0 Å². The second kappa shape index (κ2) is 5.13. The second-order valence-corrected chi connectivity index (χ2v) is 5.04. The zero-order chi connectivity index (χ0) is 9.80. The molecule has 0 aromatic heterocycles. The Balaban J connectivity index is 1.72. The molecule has 2 nitrogen and oxygen atoms in total. The molecule has 14 heavy (non-hydrogen) atoms. The van der Waals surface area contributed by atoms with E-state index in [1.807, 2.05) is 0 Å². The molecule has 1 aliphatic carbocycles. The predicted octanol–water partition coefficient (Wildman–Crippen LogP) is 1.91. The van der Waals surface area contributed by atoms with E-state index >= 15 is 0 Å². The predicted molar refractivity (Wildman–Crippen MR) is 60.4 cm³/mol. The molecule has 0 aromatic carbocycles. The van der Waals surface area contributed by atoms with Crippen LogP contribution in [-0.4, -0.2) is 25.2 Å². The molecule has 2 atom stereocenters. The molecule has 2 heteroatoms. The highest BCUT2D eigenvalue weighted by atomic mass is 15.0. The normalized spacial score (nSPS) is 31.9. The Kier molecular flexibility index (Phi) is 3.82. The Bertz CT molecular complexity index is 158. The maximum atomic E-state index is 3.80. The lowest BCUT2D eigenvalue weighted by Gasteiger charge is -2.30. The number of hydrogen-bond donors (Lipinski definition) is 2. The van der Waals surface area contributed by atoms with Crippen molar-refractivity contribution in [1.82, 2.24) is 10.6 Å². The van der Waals surface area contributed by atoms with Gasteiger partial charge in [-0.15, -0.1) is 0 Å². The quantitative estimate of drug-likeness (QED) is 0.720. The standard InChI is InChI=1S/C12H24N2/c1-10(11-5-2-3-6-11)14-12-7-4-8-13-9-12/h10-14H,2-9H2,1H3/t10-,12?/m1/s1. The Hall–Kier alpha value is -0.0800. The Labute approximate surface area is 87.8 Å². The fourth-order valence-electron chi connectivity index (χ4n) is 2.96. The number of rotatable bonds is 3. The number of piperidine rings is 1. The van der Waals surface area contributed by atoms with Crippen LogP contribution in [0.4, 0.5) is 0 Å². The summed E-state index contributed by atoms with van der Waals surface area (Å²) >= 11 is 0. The van der Waals surface area contributed by atoms with Crippen LogP contribution in [0.2, 0.25) is 0 Å². The van der Waals surface area contributed by atoms with E-state index in [4.69, 9.17) is 0 Å². The first kappa shape index (κ1) is 10.4. The van der Waals surface area contributed by atoms with Crippen molar-refractivity contribution < 1.29 is 0 Å². The van der Waals surface area contributed by atoms with Gasteiger partial charge in [0, 0.05) is 18.6 Å². The molecule has 1 heterocycles. The Morgan fingerprint density at radius 1 is 1.14 bits per heavy atom. The maximum absolute atomic E-state index is 3.80. The van der Waals surface area contributed by atoms with Crippen LogP contribution in [0.15, 0.2) is 0 Å². The lowest BCUT2D eigenvalue weighted by molar-refractivity contribution is 0.302. The largest absolute Gasteiger partial charge is 0.315 e. The van der Waals surface area contributed by atoms with Crippen molar-refractivity contribution in [3.63, 3.8) is 0 Å². The van der Waals surface area contributed by atoms with Crippen LogP contribution in [0.3, 0.4) is 0 Å². The average Bonchev–Trinajstić information content (AvgIpc) is 2.72. The molecule has 2 rings (SSSR count). The zero-order valence-corrected chi connectivity index (χ0v) is 9.39. The second-order valence-electron chi connectivity index (χ2n) is 5.04. The van der Waals surface area contributed by atoms with Gasteiger partial charge >= 0.3 is 0 Å². The molecule has 0 spiro atoms. The third-order valence-corrected chi connectivity index (χ3v) is 3.90. The van der Waals surface area contributed by atoms with Crippen LogP contribution >= 0.6 is 0 Å². The molecule has 0 amide bonds. The number of hydrogen-bond acceptors (Lipinski definition) is 2. The Morgan fingerprint density at radius 3 is 2.57 bits per heavy atom. The molecule has 2 fully saturated rings. The fourth-order valence-corrected chi connectivity index (χ4v) is 2.96. The van der Waals surface area contributed by atoms with Gasteiger partial charge in [0.1, 0.15) is 0 Å². The zero-order valence-electron chi connectivity index (χ0n) is 9.39. The molecule has 0 aromatic rings. The molecule has 1 saturated heterocycles. The first-order chi connectivity index (χ1) is 6.86. The molecule has 1 saturated carbocycles. The van der Waals surface area contributed by atoms with Crippen LogP contribution in [0.5, 0.6) is 0 Å². The highest BCUT2D eigenvalue weighted by molar-refractivity contribution is 4.83. The first-order valence-corrected chi connectivity index (χ1v) is 6.33. The van der Waals surface area contributed by atoms with Gasteiger partial charge in [0.2, 0.25) is 0 Å². The van der Waals surface area contributed by atoms with Gasteiger partial charge in [-0.25, -0.2) is 0 Å². The lowest BCUT2D eigenvalue weighted by atomic mass is 9.97. The smallest absolute Gasteiger partial charge is 0.0195 e. The minimum absolute atomic E-state index is 0.736. The van der Waals surface area contributed by atoms with E-state index in [9.17, 15) is 0 Å². The average molecular weight is 196 g/mol. The summed E-state index contributed by atoms with van der Waals surface area (Å²) in [6.07, 6.45) is 8.53. The summed E-state index contributed by atoms with van der Waals surface area (Å²) in [5.41, 5.74) is 0. The van der Waals surface area contributed by atoms with E-state index in [0.29, 0.717) is 0 Å². The van der Waals surface area contributed by atoms with Gasteiger partial charge in [0.25, 0.3) is 0 Å². The molecular weight excluding hydrogens is 172 g/mol. The van der Waals surface area contributed by atoms with E-state index in [2.05, 4.69) is 17.6 Å². The summed E-state index contributed by atoms with van der Waals surface area (Å²) in [5.74, 6) is 0.955. The monoisotopic (exact) mass is 196 g/mol. The van der Waals surface area contributed by atoms with Gasteiger partial charge in [-0.3, -0.25) is 0 Å². The molecular formula is C12H24N2. The Morgan fingerprint density at radius 2 is 1.93 bits per heavy atom. The summed E-state index contributed by atoms with van der Waals surface area (Å²) < 4.78 is 0. The summed E-state index contributed by atoms with van der Waals surface area (Å²) in [5, 5.41) is 7.27. The van der Waals surface area contributed by atoms with Crippen molar-refractivity contribution in [2.24, 2.45) is 5.92 Å². The van der Waals surface area contributed by atoms with Gasteiger partial charge in [0.15, 0.2) is 0 Å². The maximum Gasteiger partial charge on any atom is 0.0195 e. The van der Waals surface area contributed by atoms with Crippen molar-refractivity contribution in [2.45, 2.75) is 57.5 Å². The van der Waals surface area contributed by atoms with Gasteiger partial charge in [-0.1, -0.05) is 12.8 Å². The van der Waals surface area contributed by atoms with Crippen molar-refractivity contribution in [2.75, 3.05) is 13.1 Å². The van der Waals surface area contributed by atoms with Crippen LogP contribution < -0.4 is 10.6 Å². The fraction of sp³-hybridized carbons (Fsp3) is 1.00. The third kappa shape index (κ3) is 2.71. The highest BCUT2D eigenvalue weighted by Gasteiger charge is 2.23. The molecule has 2 aliphatic rings. The van der Waals surface area contributed by atoms with Crippen molar-refractivity contribution in [1.29, 1.82) is 0 Å². The van der Waals surface area contributed by atoms with Gasteiger partial charge < -0.3 is 10.6 Å². The lowest BCUT2D eigenvalue weighted by Crippen LogP contribution is -2.48. The molecule has 82 valence electrons. The minimum Gasteiger partial charge on any atom is -0.315 e. The van der Waals surface area contributed by atoms with Gasteiger partial charge in [-0.2, -0.15) is 0 Å². The molecule has 0 bridgehead atoms. The van der Waals surface area contributed by atoms with Crippen molar-refractivity contribution in [3.8, 4) is 0 Å². The summed E-state index contributed by atoms with van der Waals surface area (Å²) in [4.78, 5) is 0. The summed E-state index contributed by atoms with van der Waals surface area (Å²) in [7, 11) is 0.